The summed E-state index contributed by atoms with van der Waals surface area (Å²) in [5.41, 5.74) is 1.78. The topological polar surface area (TPSA) is 52.6 Å². The number of carbonyl (C=O) groups is 2. The number of para-hydroxylation sites is 1. The monoisotopic (exact) mass is 426 g/mol. The summed E-state index contributed by atoms with van der Waals surface area (Å²) in [7, 11) is 0. The van der Waals surface area contributed by atoms with Gasteiger partial charge in [-0.25, -0.2) is 9.59 Å². The summed E-state index contributed by atoms with van der Waals surface area (Å²) < 4.78 is 10.4. The maximum Gasteiger partial charge on any atom is 0.343 e. The Labute approximate surface area is 182 Å². The molecule has 0 aromatic heterocycles. The van der Waals surface area contributed by atoms with Crippen LogP contribution in [-0.2, 0) is 9.53 Å². The highest BCUT2D eigenvalue weighted by Crippen LogP contribution is 2.37. The number of benzene rings is 2. The van der Waals surface area contributed by atoms with Gasteiger partial charge in [0.15, 0.2) is 0 Å². The molecule has 2 aromatic carbocycles. The average molecular weight is 427 g/mol. The molecule has 0 amide bonds. The van der Waals surface area contributed by atoms with E-state index in [4.69, 9.17) is 21.1 Å². The van der Waals surface area contributed by atoms with Crippen LogP contribution < -0.4 is 4.74 Å². The Morgan fingerprint density at radius 1 is 1.03 bits per heavy atom. The summed E-state index contributed by atoms with van der Waals surface area (Å²) in [6, 6.07) is 14.7. The maximum absolute atomic E-state index is 12.4. The van der Waals surface area contributed by atoms with Crippen molar-refractivity contribution in [3.05, 3.63) is 77.3 Å². The zero-order chi connectivity index (χ0) is 21.3. The second-order valence-corrected chi connectivity index (χ2v) is 8.08. The molecule has 30 heavy (non-hydrogen) atoms. The summed E-state index contributed by atoms with van der Waals surface area (Å²) in [6.45, 7) is 3.87. The van der Waals surface area contributed by atoms with Crippen LogP contribution in [0.5, 0.6) is 5.75 Å². The van der Waals surface area contributed by atoms with Crippen LogP contribution in [-0.4, -0.2) is 18.5 Å². The van der Waals surface area contributed by atoms with Crippen LogP contribution in [0, 0.1) is 5.92 Å². The van der Waals surface area contributed by atoms with Gasteiger partial charge in [-0.1, -0.05) is 42.4 Å². The van der Waals surface area contributed by atoms with Gasteiger partial charge in [0.05, 0.1) is 17.2 Å². The van der Waals surface area contributed by atoms with E-state index in [1.165, 1.54) is 24.5 Å². The van der Waals surface area contributed by atoms with E-state index >= 15 is 0 Å². The lowest BCUT2D eigenvalue weighted by molar-refractivity contribution is -0.137. The Morgan fingerprint density at radius 3 is 2.40 bits per heavy atom. The minimum atomic E-state index is -0.407. The van der Waals surface area contributed by atoms with E-state index in [1.807, 2.05) is 24.3 Å². The number of carbonyl (C=O) groups excluding carboxylic acids is 2. The molecule has 5 heteroatoms. The standard InChI is InChI=1S/C25H27ClO4/c1-2-24(27)29-17-5-6-18-9-11-19(12-10-18)20-13-15-21(16-14-20)25(28)30-23-8-4-3-7-22(23)26/h2-4,7-8,13-16,18-19H,1,5-6,9-12,17H2/t18-,19-. The molecule has 0 atom stereocenters. The highest BCUT2D eigenvalue weighted by Gasteiger charge is 2.22. The van der Waals surface area contributed by atoms with E-state index in [0.717, 1.165) is 25.7 Å². The first-order valence-electron chi connectivity index (χ1n) is 10.4. The summed E-state index contributed by atoms with van der Waals surface area (Å²) in [4.78, 5) is 23.4. The number of rotatable bonds is 8. The predicted molar refractivity (Wildman–Crippen MR) is 118 cm³/mol. The Balaban J connectivity index is 1.45. The molecule has 0 saturated heterocycles. The Morgan fingerprint density at radius 2 is 1.73 bits per heavy atom. The second kappa shape index (κ2) is 11.0. The van der Waals surface area contributed by atoms with Crippen molar-refractivity contribution in [2.75, 3.05) is 6.61 Å². The van der Waals surface area contributed by atoms with E-state index in [1.54, 1.807) is 24.3 Å². The van der Waals surface area contributed by atoms with Gasteiger partial charge in [-0.3, -0.25) is 0 Å². The van der Waals surface area contributed by atoms with Gasteiger partial charge in [0.1, 0.15) is 5.75 Å². The minimum absolute atomic E-state index is 0.349. The van der Waals surface area contributed by atoms with Crippen LogP contribution in [0.2, 0.25) is 5.02 Å². The smallest absolute Gasteiger partial charge is 0.343 e. The van der Waals surface area contributed by atoms with E-state index < -0.39 is 5.97 Å². The molecule has 3 rings (SSSR count). The maximum atomic E-state index is 12.4. The molecule has 1 aliphatic rings. The molecule has 4 nitrogen and oxygen atoms in total. The van der Waals surface area contributed by atoms with Crippen molar-refractivity contribution in [3.8, 4) is 5.75 Å². The predicted octanol–water partition coefficient (Wildman–Crippen LogP) is 6.34. The number of hydrogen-bond acceptors (Lipinski definition) is 4. The highest BCUT2D eigenvalue weighted by atomic mass is 35.5. The van der Waals surface area contributed by atoms with Crippen molar-refractivity contribution < 1.29 is 19.1 Å². The molecule has 2 aromatic rings. The SMILES string of the molecule is C=CC(=O)OCCC[C@H]1CC[C@H](c2ccc(C(=O)Oc3ccccc3Cl)cc2)CC1. The quantitative estimate of drug-likeness (QED) is 0.214. The molecule has 0 N–H and O–H groups in total. The fraction of sp³-hybridized carbons (Fsp3) is 0.360. The van der Waals surface area contributed by atoms with Gasteiger partial charge in [-0.05, 0) is 80.2 Å². The first-order valence-corrected chi connectivity index (χ1v) is 10.8. The van der Waals surface area contributed by atoms with Gasteiger partial charge in [0.25, 0.3) is 0 Å². The third kappa shape index (κ3) is 6.20. The van der Waals surface area contributed by atoms with Crippen molar-refractivity contribution in [1.29, 1.82) is 0 Å². The molecule has 158 valence electrons. The number of esters is 2. The fourth-order valence-electron chi connectivity index (χ4n) is 3.97. The minimum Gasteiger partial charge on any atom is -0.463 e. The van der Waals surface area contributed by atoms with Crippen molar-refractivity contribution in [1.82, 2.24) is 0 Å². The number of hydrogen-bond donors (Lipinski definition) is 0. The molecule has 0 aliphatic heterocycles. The normalized spacial score (nSPS) is 18.4. The lowest BCUT2D eigenvalue weighted by Gasteiger charge is -2.29. The van der Waals surface area contributed by atoms with Gasteiger partial charge >= 0.3 is 11.9 Å². The van der Waals surface area contributed by atoms with Gasteiger partial charge in [0.2, 0.25) is 0 Å². The summed E-state index contributed by atoms with van der Waals surface area (Å²) >= 11 is 6.05. The second-order valence-electron chi connectivity index (χ2n) is 7.67. The molecule has 1 saturated carbocycles. The van der Waals surface area contributed by atoms with Crippen LogP contribution >= 0.6 is 11.6 Å². The van der Waals surface area contributed by atoms with Gasteiger partial charge in [-0.15, -0.1) is 0 Å². The van der Waals surface area contributed by atoms with Gasteiger partial charge in [-0.2, -0.15) is 0 Å². The molecule has 1 aliphatic carbocycles. The first-order chi connectivity index (χ1) is 14.6. The fourth-order valence-corrected chi connectivity index (χ4v) is 4.14. The zero-order valence-electron chi connectivity index (χ0n) is 17.0. The van der Waals surface area contributed by atoms with Crippen molar-refractivity contribution in [2.24, 2.45) is 5.92 Å². The highest BCUT2D eigenvalue weighted by molar-refractivity contribution is 6.32. The van der Waals surface area contributed by atoms with Crippen LogP contribution in [0.1, 0.15) is 60.4 Å². The van der Waals surface area contributed by atoms with Crippen LogP contribution in [0.3, 0.4) is 0 Å². The van der Waals surface area contributed by atoms with E-state index in [0.29, 0.717) is 34.8 Å². The third-order valence-electron chi connectivity index (χ3n) is 5.67. The summed E-state index contributed by atoms with van der Waals surface area (Å²) in [6.07, 6.45) is 7.82. The Bertz CT molecular complexity index is 867. The molecule has 0 radical (unpaired) electrons. The van der Waals surface area contributed by atoms with Crippen LogP contribution in [0.15, 0.2) is 61.2 Å². The lowest BCUT2D eigenvalue weighted by Crippen LogP contribution is -2.15. The largest absolute Gasteiger partial charge is 0.463 e. The molecular formula is C25H27ClO4. The Kier molecular flexibility index (Phi) is 8.09. The summed E-state index contributed by atoms with van der Waals surface area (Å²) in [5, 5.41) is 0.415. The van der Waals surface area contributed by atoms with E-state index in [-0.39, 0.29) is 5.97 Å². The third-order valence-corrected chi connectivity index (χ3v) is 5.98. The molecule has 0 spiro atoms. The molecule has 0 unspecified atom stereocenters. The molecule has 0 heterocycles. The Hall–Kier alpha value is -2.59. The first kappa shape index (κ1) is 22.1. The van der Waals surface area contributed by atoms with Gasteiger partial charge in [0, 0.05) is 6.08 Å². The molecular weight excluding hydrogens is 400 g/mol. The molecule has 0 bridgehead atoms. The van der Waals surface area contributed by atoms with Gasteiger partial charge < -0.3 is 9.47 Å². The zero-order valence-corrected chi connectivity index (χ0v) is 17.8. The lowest BCUT2D eigenvalue weighted by atomic mass is 9.77. The molecule has 1 fully saturated rings. The number of halogens is 1. The van der Waals surface area contributed by atoms with Crippen molar-refractivity contribution in [2.45, 2.75) is 44.4 Å². The van der Waals surface area contributed by atoms with Crippen LogP contribution in [0.25, 0.3) is 0 Å². The number of ether oxygens (including phenoxy) is 2. The van der Waals surface area contributed by atoms with Crippen molar-refractivity contribution >= 4 is 23.5 Å². The van der Waals surface area contributed by atoms with Crippen molar-refractivity contribution in [3.63, 3.8) is 0 Å². The average Bonchev–Trinajstić information content (AvgIpc) is 2.78. The van der Waals surface area contributed by atoms with E-state index in [2.05, 4.69) is 6.58 Å². The van der Waals surface area contributed by atoms with Crippen LogP contribution in [0.4, 0.5) is 0 Å². The summed E-state index contributed by atoms with van der Waals surface area (Å²) in [5.74, 6) is 0.821. The van der Waals surface area contributed by atoms with E-state index in [9.17, 15) is 9.59 Å².